The summed E-state index contributed by atoms with van der Waals surface area (Å²) in [6.45, 7) is 0. The third-order valence-electron chi connectivity index (χ3n) is 4.63. The zero-order chi connectivity index (χ0) is 19.7. The van der Waals surface area contributed by atoms with E-state index in [2.05, 4.69) is 11.1 Å². The van der Waals surface area contributed by atoms with Gasteiger partial charge in [-0.25, -0.2) is 4.99 Å². The molecule has 0 saturated carbocycles. The highest BCUT2D eigenvalue weighted by molar-refractivity contribution is 7.16. The number of non-ortho nitro benzene ring substituents is 1. The first kappa shape index (κ1) is 18.4. The Hall–Kier alpha value is -2.95. The molecule has 0 atom stereocenters. The number of nitro benzene ring substituents is 1. The zero-order valence-electron chi connectivity index (χ0n) is 14.6. The summed E-state index contributed by atoms with van der Waals surface area (Å²) in [5.41, 5.74) is 2.30. The molecule has 0 bridgehead atoms. The van der Waals surface area contributed by atoms with Gasteiger partial charge in [-0.3, -0.25) is 10.1 Å². The molecule has 0 unspecified atom stereocenters. The molecule has 2 heterocycles. The number of nitrogens with zero attached hydrogens (tertiary/aromatic N) is 3. The van der Waals surface area contributed by atoms with Crippen LogP contribution in [-0.2, 0) is 12.8 Å². The maximum atomic E-state index is 10.8. The molecule has 3 aromatic rings. The molecule has 0 fully saturated rings. The molecule has 28 heavy (non-hydrogen) atoms. The highest BCUT2D eigenvalue weighted by Crippen LogP contribution is 2.39. The molecule has 8 heteroatoms. The van der Waals surface area contributed by atoms with Crippen molar-refractivity contribution in [1.82, 2.24) is 0 Å². The van der Waals surface area contributed by atoms with E-state index in [0.29, 0.717) is 27.6 Å². The number of aliphatic imine (C=N–C) groups is 1. The van der Waals surface area contributed by atoms with Gasteiger partial charge in [-0.1, -0.05) is 11.6 Å². The van der Waals surface area contributed by atoms with Gasteiger partial charge in [0.1, 0.15) is 22.6 Å². The van der Waals surface area contributed by atoms with Crippen molar-refractivity contribution in [1.29, 1.82) is 5.26 Å². The normalized spacial score (nSPS) is 13.4. The van der Waals surface area contributed by atoms with Crippen LogP contribution in [0, 0.1) is 21.4 Å². The van der Waals surface area contributed by atoms with E-state index in [1.807, 2.05) is 0 Å². The van der Waals surface area contributed by atoms with Crippen LogP contribution < -0.4 is 0 Å². The smallest absolute Gasteiger partial charge is 0.270 e. The number of hydrogen-bond acceptors (Lipinski definition) is 6. The summed E-state index contributed by atoms with van der Waals surface area (Å²) >= 11 is 7.72. The highest BCUT2D eigenvalue weighted by atomic mass is 35.5. The van der Waals surface area contributed by atoms with Crippen LogP contribution >= 0.6 is 22.9 Å². The van der Waals surface area contributed by atoms with E-state index in [-0.39, 0.29) is 10.7 Å². The van der Waals surface area contributed by atoms with Gasteiger partial charge in [-0.2, -0.15) is 5.26 Å². The van der Waals surface area contributed by atoms with Gasteiger partial charge in [-0.15, -0.1) is 11.3 Å². The van der Waals surface area contributed by atoms with Gasteiger partial charge in [0, 0.05) is 22.6 Å². The van der Waals surface area contributed by atoms with E-state index in [1.54, 1.807) is 35.8 Å². The lowest BCUT2D eigenvalue weighted by Crippen LogP contribution is -1.99. The van der Waals surface area contributed by atoms with Gasteiger partial charge >= 0.3 is 0 Å². The Labute approximate surface area is 169 Å². The predicted molar refractivity (Wildman–Crippen MR) is 109 cm³/mol. The summed E-state index contributed by atoms with van der Waals surface area (Å²) in [6, 6.07) is 10.0. The van der Waals surface area contributed by atoms with E-state index in [4.69, 9.17) is 16.0 Å². The van der Waals surface area contributed by atoms with E-state index >= 15 is 0 Å². The summed E-state index contributed by atoms with van der Waals surface area (Å²) < 4.78 is 5.77. The number of aryl methyl sites for hydroxylation is 1. The molecule has 0 radical (unpaired) electrons. The third-order valence-corrected chi connectivity index (χ3v) is 6.14. The Bertz CT molecular complexity index is 1140. The van der Waals surface area contributed by atoms with Crippen LogP contribution in [0.15, 0.2) is 39.7 Å². The van der Waals surface area contributed by atoms with Gasteiger partial charge in [0.05, 0.1) is 21.7 Å². The lowest BCUT2D eigenvalue weighted by atomic mass is 9.96. The van der Waals surface area contributed by atoms with E-state index < -0.39 is 4.92 Å². The fourth-order valence-electron chi connectivity index (χ4n) is 3.26. The van der Waals surface area contributed by atoms with Crippen LogP contribution in [0.5, 0.6) is 0 Å². The zero-order valence-corrected chi connectivity index (χ0v) is 16.2. The summed E-state index contributed by atoms with van der Waals surface area (Å²) in [6.07, 6.45) is 5.79. The van der Waals surface area contributed by atoms with Crippen LogP contribution in [0.25, 0.3) is 11.3 Å². The Kier molecular flexibility index (Phi) is 4.99. The van der Waals surface area contributed by atoms with Gasteiger partial charge in [0.2, 0.25) is 0 Å². The average molecular weight is 412 g/mol. The Morgan fingerprint density at radius 3 is 2.86 bits per heavy atom. The van der Waals surface area contributed by atoms with Crippen LogP contribution in [-0.4, -0.2) is 11.1 Å². The second kappa shape index (κ2) is 7.58. The van der Waals surface area contributed by atoms with Crippen molar-refractivity contribution in [2.45, 2.75) is 25.7 Å². The fourth-order valence-corrected chi connectivity index (χ4v) is 4.72. The average Bonchev–Trinajstić information content (AvgIpc) is 3.30. The van der Waals surface area contributed by atoms with E-state index in [1.165, 1.54) is 17.0 Å². The molecular weight excluding hydrogens is 398 g/mol. The van der Waals surface area contributed by atoms with E-state index in [0.717, 1.165) is 31.2 Å². The largest absolute Gasteiger partial charge is 0.455 e. The molecule has 2 aromatic heterocycles. The molecule has 1 aliphatic carbocycles. The van der Waals surface area contributed by atoms with Crippen LogP contribution in [0.1, 0.15) is 34.6 Å². The Morgan fingerprint density at radius 1 is 1.29 bits per heavy atom. The summed E-state index contributed by atoms with van der Waals surface area (Å²) in [5.74, 6) is 1.01. The van der Waals surface area contributed by atoms with Crippen LogP contribution in [0.2, 0.25) is 5.02 Å². The lowest BCUT2D eigenvalue weighted by molar-refractivity contribution is -0.384. The molecule has 0 N–H and O–H groups in total. The van der Waals surface area contributed by atoms with Gasteiger partial charge in [-0.05, 0) is 49.4 Å². The number of furan rings is 1. The van der Waals surface area contributed by atoms with Crippen molar-refractivity contribution in [3.05, 3.63) is 67.2 Å². The van der Waals surface area contributed by atoms with Crippen LogP contribution in [0.4, 0.5) is 10.7 Å². The highest BCUT2D eigenvalue weighted by Gasteiger charge is 2.20. The fraction of sp³-hybridized carbons (Fsp3) is 0.200. The number of benzene rings is 1. The Morgan fingerprint density at radius 2 is 2.11 bits per heavy atom. The maximum absolute atomic E-state index is 10.8. The number of fused-ring (bicyclic) bond motifs is 1. The summed E-state index contributed by atoms with van der Waals surface area (Å²) in [4.78, 5) is 16.1. The number of thiophene rings is 1. The van der Waals surface area contributed by atoms with Crippen LogP contribution in [0.3, 0.4) is 0 Å². The number of hydrogen-bond donors (Lipinski definition) is 0. The lowest BCUT2D eigenvalue weighted by Gasteiger charge is -2.09. The second-order valence-corrected chi connectivity index (χ2v) is 7.88. The minimum atomic E-state index is -0.497. The maximum Gasteiger partial charge on any atom is 0.270 e. The molecule has 1 aliphatic rings. The van der Waals surface area contributed by atoms with E-state index in [9.17, 15) is 15.4 Å². The molecule has 1 aromatic carbocycles. The van der Waals surface area contributed by atoms with Crippen molar-refractivity contribution >= 4 is 39.8 Å². The second-order valence-electron chi connectivity index (χ2n) is 6.38. The summed E-state index contributed by atoms with van der Waals surface area (Å²) in [5, 5.41) is 21.3. The minimum absolute atomic E-state index is 0.0761. The molecule has 6 nitrogen and oxygen atoms in total. The molecule has 0 saturated heterocycles. The molecule has 140 valence electrons. The number of halogens is 1. The van der Waals surface area contributed by atoms with Crippen molar-refractivity contribution in [3.8, 4) is 17.4 Å². The number of rotatable bonds is 4. The molecular formula is C20H14ClN3O3S. The number of nitriles is 1. The number of nitro groups is 1. The molecule has 0 amide bonds. The monoisotopic (exact) mass is 411 g/mol. The molecule has 0 spiro atoms. The molecule has 4 rings (SSSR count). The van der Waals surface area contributed by atoms with Crippen molar-refractivity contribution in [3.63, 3.8) is 0 Å². The topological polar surface area (TPSA) is 92.4 Å². The summed E-state index contributed by atoms with van der Waals surface area (Å²) in [7, 11) is 0. The first-order valence-corrected chi connectivity index (χ1v) is 9.89. The third kappa shape index (κ3) is 3.44. The molecule has 0 aliphatic heterocycles. The van der Waals surface area contributed by atoms with Gasteiger partial charge < -0.3 is 4.42 Å². The van der Waals surface area contributed by atoms with Crippen molar-refractivity contribution in [2.75, 3.05) is 0 Å². The Balaban J connectivity index is 1.60. The van der Waals surface area contributed by atoms with Gasteiger partial charge in [0.15, 0.2) is 0 Å². The van der Waals surface area contributed by atoms with Gasteiger partial charge in [0.25, 0.3) is 5.69 Å². The first-order valence-electron chi connectivity index (χ1n) is 8.69. The SMILES string of the molecule is N#Cc1c(N=Cc2ccc(-c3ccc([N+](=O)[O-])cc3Cl)o2)sc2c1CCCC2. The van der Waals surface area contributed by atoms with Crippen molar-refractivity contribution < 1.29 is 9.34 Å². The van der Waals surface area contributed by atoms with Crippen molar-refractivity contribution in [2.24, 2.45) is 4.99 Å². The first-order chi connectivity index (χ1) is 13.6. The predicted octanol–water partition coefficient (Wildman–Crippen LogP) is 6.07. The minimum Gasteiger partial charge on any atom is -0.455 e. The standard InChI is InChI=1S/C20H14ClN3O3S/c21-17-9-12(24(25)26)5-7-15(17)18-8-6-13(27-18)11-23-20-16(10-22)14-3-1-2-4-19(14)28-20/h5-9,11H,1-4H2. The quantitative estimate of drug-likeness (QED) is 0.296.